The van der Waals surface area contributed by atoms with E-state index in [1.807, 2.05) is 17.5 Å². The first kappa shape index (κ1) is 14.9. The Labute approximate surface area is 135 Å². The molecule has 7 nitrogen and oxygen atoms in total. The second kappa shape index (κ2) is 6.41. The molecule has 2 heterocycles. The molecule has 0 bridgehead atoms. The lowest BCUT2D eigenvalue weighted by atomic mass is 10.2. The Hall–Kier alpha value is -3.00. The average Bonchev–Trinajstić information content (AvgIpc) is 3.20. The van der Waals surface area contributed by atoms with E-state index in [1.54, 1.807) is 28.3 Å². The number of amides is 1. The Morgan fingerprint density at radius 3 is 2.91 bits per heavy atom. The van der Waals surface area contributed by atoms with E-state index in [0.29, 0.717) is 12.4 Å². The van der Waals surface area contributed by atoms with Crippen LogP contribution in [0.25, 0.3) is 0 Å². The Morgan fingerprint density at radius 1 is 1.30 bits per heavy atom. The smallest absolute Gasteiger partial charge is 0.270 e. The number of hydrogen-bond donors (Lipinski definition) is 1. The summed E-state index contributed by atoms with van der Waals surface area (Å²) in [4.78, 5) is 23.6. The van der Waals surface area contributed by atoms with Gasteiger partial charge in [-0.3, -0.25) is 14.9 Å². The summed E-state index contributed by atoms with van der Waals surface area (Å²) in [6, 6.07) is 11.2. The van der Waals surface area contributed by atoms with Crippen molar-refractivity contribution >= 4 is 28.7 Å². The molecule has 3 rings (SSSR count). The fourth-order valence-electron chi connectivity index (χ4n) is 2.06. The van der Waals surface area contributed by atoms with E-state index in [9.17, 15) is 14.9 Å². The summed E-state index contributed by atoms with van der Waals surface area (Å²) < 4.78 is 1.67. The van der Waals surface area contributed by atoms with Crippen LogP contribution in [-0.4, -0.2) is 20.6 Å². The lowest BCUT2D eigenvalue weighted by Crippen LogP contribution is -2.16. The summed E-state index contributed by atoms with van der Waals surface area (Å²) in [6.07, 6.45) is 1.59. The minimum Gasteiger partial charge on any atom is -0.307 e. The molecule has 0 atom stereocenters. The molecule has 0 radical (unpaired) electrons. The van der Waals surface area contributed by atoms with Gasteiger partial charge in [-0.05, 0) is 17.5 Å². The van der Waals surface area contributed by atoms with Gasteiger partial charge in [0.05, 0.1) is 17.7 Å². The van der Waals surface area contributed by atoms with Crippen LogP contribution in [0.2, 0.25) is 0 Å². The van der Waals surface area contributed by atoms with Gasteiger partial charge in [0.15, 0.2) is 0 Å². The van der Waals surface area contributed by atoms with Gasteiger partial charge in [0.1, 0.15) is 5.82 Å². The van der Waals surface area contributed by atoms with Crippen molar-refractivity contribution in [2.45, 2.75) is 6.54 Å². The highest BCUT2D eigenvalue weighted by atomic mass is 32.1. The normalized spacial score (nSPS) is 10.4. The lowest BCUT2D eigenvalue weighted by molar-refractivity contribution is -0.384. The standard InChI is InChI=1S/C15H12N4O3S/c20-15(11-3-1-4-12(9-11)19(21)22)17-14-6-7-16-18(14)10-13-5-2-8-23-13/h1-9H,10H2,(H,17,20). The van der Waals surface area contributed by atoms with Crippen LogP contribution in [0.5, 0.6) is 0 Å². The van der Waals surface area contributed by atoms with E-state index in [1.165, 1.54) is 24.3 Å². The van der Waals surface area contributed by atoms with Gasteiger partial charge in [-0.2, -0.15) is 5.10 Å². The maximum atomic E-state index is 12.3. The first-order valence-corrected chi connectivity index (χ1v) is 7.61. The van der Waals surface area contributed by atoms with Gasteiger partial charge in [0.25, 0.3) is 11.6 Å². The van der Waals surface area contributed by atoms with Gasteiger partial charge >= 0.3 is 0 Å². The quantitative estimate of drug-likeness (QED) is 0.575. The number of nitrogens with one attached hydrogen (secondary N) is 1. The van der Waals surface area contributed by atoms with Crippen molar-refractivity contribution in [1.29, 1.82) is 0 Å². The number of carbonyl (C=O) groups excluding carboxylic acids is 1. The molecular formula is C15H12N4O3S. The summed E-state index contributed by atoms with van der Waals surface area (Å²) in [7, 11) is 0. The largest absolute Gasteiger partial charge is 0.307 e. The molecule has 23 heavy (non-hydrogen) atoms. The number of nitro groups is 1. The third-order valence-corrected chi connectivity index (χ3v) is 4.02. The summed E-state index contributed by atoms with van der Waals surface area (Å²) in [6.45, 7) is 0.551. The Balaban J connectivity index is 1.77. The zero-order valence-corrected chi connectivity index (χ0v) is 12.7. The van der Waals surface area contributed by atoms with E-state index in [0.717, 1.165) is 4.88 Å². The molecule has 0 saturated carbocycles. The molecule has 0 saturated heterocycles. The van der Waals surface area contributed by atoms with E-state index >= 15 is 0 Å². The number of hydrogen-bond acceptors (Lipinski definition) is 5. The summed E-state index contributed by atoms with van der Waals surface area (Å²) >= 11 is 1.60. The number of non-ortho nitro benzene ring substituents is 1. The van der Waals surface area contributed by atoms with Gasteiger partial charge in [-0.1, -0.05) is 12.1 Å². The van der Waals surface area contributed by atoms with Crippen molar-refractivity contribution in [3.8, 4) is 0 Å². The van der Waals surface area contributed by atoms with Crippen molar-refractivity contribution in [1.82, 2.24) is 9.78 Å². The van der Waals surface area contributed by atoms with Crippen molar-refractivity contribution in [2.24, 2.45) is 0 Å². The number of nitrogens with zero attached hydrogens (tertiary/aromatic N) is 3. The molecule has 0 unspecified atom stereocenters. The van der Waals surface area contributed by atoms with Gasteiger partial charge in [-0.25, -0.2) is 4.68 Å². The summed E-state index contributed by atoms with van der Waals surface area (Å²) in [5.74, 6) is 0.122. The molecule has 0 aliphatic rings. The molecule has 3 aromatic rings. The van der Waals surface area contributed by atoms with Crippen LogP contribution < -0.4 is 5.32 Å². The Kier molecular flexibility index (Phi) is 4.15. The van der Waals surface area contributed by atoms with Crippen LogP contribution in [0.1, 0.15) is 15.2 Å². The number of anilines is 1. The van der Waals surface area contributed by atoms with Crippen molar-refractivity contribution in [3.05, 3.63) is 74.6 Å². The average molecular weight is 328 g/mol. The molecule has 1 amide bonds. The highest BCUT2D eigenvalue weighted by Gasteiger charge is 2.13. The maximum absolute atomic E-state index is 12.3. The first-order valence-electron chi connectivity index (χ1n) is 6.73. The van der Waals surface area contributed by atoms with Crippen molar-refractivity contribution in [2.75, 3.05) is 5.32 Å². The predicted octanol–water partition coefficient (Wildman–Crippen LogP) is 3.15. The van der Waals surface area contributed by atoms with Gasteiger partial charge in [0.2, 0.25) is 0 Å². The molecular weight excluding hydrogens is 316 g/mol. The second-order valence-electron chi connectivity index (χ2n) is 4.72. The summed E-state index contributed by atoms with van der Waals surface area (Å²) in [5, 5.41) is 19.7. The minimum atomic E-state index is -0.530. The number of nitro benzene ring substituents is 1. The molecule has 2 aromatic heterocycles. The van der Waals surface area contributed by atoms with Crippen LogP contribution in [0.3, 0.4) is 0 Å². The molecule has 0 fully saturated rings. The van der Waals surface area contributed by atoms with Crippen molar-refractivity contribution < 1.29 is 9.72 Å². The number of rotatable bonds is 5. The Bertz CT molecular complexity index is 842. The van der Waals surface area contributed by atoms with E-state index in [2.05, 4.69) is 10.4 Å². The number of thiophene rings is 1. The monoisotopic (exact) mass is 328 g/mol. The zero-order valence-electron chi connectivity index (χ0n) is 11.9. The number of aromatic nitrogens is 2. The maximum Gasteiger partial charge on any atom is 0.270 e. The van der Waals surface area contributed by atoms with E-state index in [-0.39, 0.29) is 11.3 Å². The van der Waals surface area contributed by atoms with E-state index < -0.39 is 10.8 Å². The number of benzene rings is 1. The first-order chi connectivity index (χ1) is 11.1. The van der Waals surface area contributed by atoms with Crippen molar-refractivity contribution in [3.63, 3.8) is 0 Å². The molecule has 1 aromatic carbocycles. The highest BCUT2D eigenvalue weighted by Crippen LogP contribution is 2.17. The van der Waals surface area contributed by atoms with E-state index in [4.69, 9.17) is 0 Å². The fraction of sp³-hybridized carbons (Fsp3) is 0.0667. The third kappa shape index (κ3) is 3.43. The topological polar surface area (TPSA) is 90.1 Å². The molecule has 0 aliphatic carbocycles. The van der Waals surface area contributed by atoms with Gasteiger partial charge in [-0.15, -0.1) is 11.3 Å². The SMILES string of the molecule is O=C(Nc1ccnn1Cc1cccs1)c1cccc([N+](=O)[O-])c1. The molecule has 8 heteroatoms. The molecule has 116 valence electrons. The van der Waals surface area contributed by atoms with Crippen LogP contribution >= 0.6 is 11.3 Å². The fourth-order valence-corrected chi connectivity index (χ4v) is 2.75. The highest BCUT2D eigenvalue weighted by molar-refractivity contribution is 7.09. The number of carbonyl (C=O) groups is 1. The van der Waals surface area contributed by atoms with Gasteiger partial charge < -0.3 is 5.32 Å². The van der Waals surface area contributed by atoms with Crippen LogP contribution in [0.15, 0.2) is 54.0 Å². The second-order valence-corrected chi connectivity index (χ2v) is 5.75. The van der Waals surface area contributed by atoms with Crippen LogP contribution in [-0.2, 0) is 6.54 Å². The zero-order chi connectivity index (χ0) is 16.2. The Morgan fingerprint density at radius 2 is 2.17 bits per heavy atom. The summed E-state index contributed by atoms with van der Waals surface area (Å²) in [5.41, 5.74) is 0.104. The lowest BCUT2D eigenvalue weighted by Gasteiger charge is -2.08. The van der Waals surface area contributed by atoms with Gasteiger partial charge in [0, 0.05) is 28.6 Å². The predicted molar refractivity (Wildman–Crippen MR) is 86.7 cm³/mol. The van der Waals surface area contributed by atoms with Crippen LogP contribution in [0.4, 0.5) is 11.5 Å². The third-order valence-electron chi connectivity index (χ3n) is 3.16. The molecule has 0 aliphatic heterocycles. The minimum absolute atomic E-state index is 0.121. The molecule has 1 N–H and O–H groups in total. The molecule has 0 spiro atoms. The van der Waals surface area contributed by atoms with Crippen LogP contribution in [0, 0.1) is 10.1 Å².